The van der Waals surface area contributed by atoms with Gasteiger partial charge in [-0.2, -0.15) is 5.10 Å². The van der Waals surface area contributed by atoms with E-state index < -0.39 is 0 Å². The van der Waals surface area contributed by atoms with Crippen molar-refractivity contribution in [2.45, 2.75) is 32.4 Å². The van der Waals surface area contributed by atoms with E-state index in [1.165, 1.54) is 4.88 Å². The van der Waals surface area contributed by atoms with Gasteiger partial charge in [-0.05, 0) is 32.3 Å². The molecule has 1 N–H and O–H groups in total. The molecule has 2 aromatic heterocycles. The minimum Gasteiger partial charge on any atom is -0.311 e. The van der Waals surface area contributed by atoms with Crippen molar-refractivity contribution in [3.8, 4) is 0 Å². The third kappa shape index (κ3) is 2.76. The monoisotopic (exact) mass is 283 g/mol. The van der Waals surface area contributed by atoms with Crippen LogP contribution in [0, 0.1) is 0 Å². The maximum atomic E-state index is 6.28. The minimum absolute atomic E-state index is 0.195. The number of hydrogen-bond donors (Lipinski definition) is 1. The number of aromatic nitrogens is 2. The van der Waals surface area contributed by atoms with Crippen LogP contribution in [0.25, 0.3) is 0 Å². The zero-order valence-electron chi connectivity index (χ0n) is 10.9. The fourth-order valence-corrected chi connectivity index (χ4v) is 3.07. The first kappa shape index (κ1) is 13.6. The van der Waals surface area contributed by atoms with Gasteiger partial charge in [0.2, 0.25) is 0 Å². The van der Waals surface area contributed by atoms with Crippen LogP contribution in [-0.2, 0) is 6.42 Å². The summed E-state index contributed by atoms with van der Waals surface area (Å²) in [6.07, 6.45) is 2.67. The van der Waals surface area contributed by atoms with Crippen LogP contribution in [0.1, 0.15) is 36.5 Å². The summed E-state index contributed by atoms with van der Waals surface area (Å²) in [4.78, 5) is 1.35. The summed E-state index contributed by atoms with van der Waals surface area (Å²) >= 11 is 8.05. The molecule has 0 amide bonds. The molecule has 0 saturated heterocycles. The zero-order chi connectivity index (χ0) is 13.1. The Bertz CT molecular complexity index is 490. The number of rotatable bonds is 5. The Morgan fingerprint density at radius 2 is 2.28 bits per heavy atom. The van der Waals surface area contributed by atoms with Gasteiger partial charge in [-0.3, -0.25) is 4.68 Å². The van der Waals surface area contributed by atoms with Crippen LogP contribution in [0.15, 0.2) is 23.7 Å². The first-order valence-electron chi connectivity index (χ1n) is 6.06. The van der Waals surface area contributed by atoms with Crippen molar-refractivity contribution in [1.29, 1.82) is 0 Å². The lowest BCUT2D eigenvalue weighted by atomic mass is 10.1. The Balaban J connectivity index is 2.29. The quantitative estimate of drug-likeness (QED) is 0.907. The van der Waals surface area contributed by atoms with Gasteiger partial charge in [0, 0.05) is 17.3 Å². The molecule has 5 heteroatoms. The van der Waals surface area contributed by atoms with Crippen LogP contribution in [0.2, 0.25) is 5.02 Å². The van der Waals surface area contributed by atoms with E-state index in [9.17, 15) is 0 Å². The van der Waals surface area contributed by atoms with E-state index in [2.05, 4.69) is 41.8 Å². The van der Waals surface area contributed by atoms with E-state index in [1.807, 2.05) is 11.7 Å². The zero-order valence-corrected chi connectivity index (χ0v) is 12.4. The summed E-state index contributed by atoms with van der Waals surface area (Å²) in [5.41, 5.74) is 1.07. The van der Waals surface area contributed by atoms with Crippen LogP contribution in [-0.4, -0.2) is 16.8 Å². The number of thiophene rings is 1. The third-order valence-corrected chi connectivity index (χ3v) is 4.13. The topological polar surface area (TPSA) is 29.9 Å². The Labute approximate surface area is 117 Å². The summed E-state index contributed by atoms with van der Waals surface area (Å²) in [6, 6.07) is 4.74. The van der Waals surface area contributed by atoms with Crippen LogP contribution in [0.3, 0.4) is 0 Å². The number of nitrogens with zero attached hydrogens (tertiary/aromatic N) is 2. The van der Waals surface area contributed by atoms with Crippen molar-refractivity contribution >= 4 is 22.9 Å². The first-order valence-corrected chi connectivity index (χ1v) is 7.31. The lowest BCUT2D eigenvalue weighted by Crippen LogP contribution is -2.23. The molecule has 0 aliphatic carbocycles. The normalized spacial score (nSPS) is 13.2. The lowest BCUT2D eigenvalue weighted by Gasteiger charge is -2.20. The molecule has 0 aliphatic heterocycles. The summed E-state index contributed by atoms with van der Waals surface area (Å²) in [6.45, 7) is 4.23. The molecule has 1 unspecified atom stereocenters. The summed E-state index contributed by atoms with van der Waals surface area (Å²) in [7, 11) is 1.96. The molecule has 0 radical (unpaired) electrons. The highest BCUT2D eigenvalue weighted by Crippen LogP contribution is 2.28. The third-order valence-electron chi connectivity index (χ3n) is 2.94. The SMILES string of the molecule is CNC(Cc1cccs1)c1c(Cl)cnn1C(C)C. The van der Waals surface area contributed by atoms with Gasteiger partial charge < -0.3 is 5.32 Å². The van der Waals surface area contributed by atoms with Gasteiger partial charge in [-0.25, -0.2) is 0 Å². The van der Waals surface area contributed by atoms with E-state index in [0.717, 1.165) is 17.1 Å². The number of hydrogen-bond acceptors (Lipinski definition) is 3. The van der Waals surface area contributed by atoms with Crippen molar-refractivity contribution in [1.82, 2.24) is 15.1 Å². The van der Waals surface area contributed by atoms with Crippen molar-refractivity contribution in [3.63, 3.8) is 0 Å². The highest BCUT2D eigenvalue weighted by molar-refractivity contribution is 7.09. The van der Waals surface area contributed by atoms with Crippen LogP contribution in [0.5, 0.6) is 0 Å². The van der Waals surface area contributed by atoms with Gasteiger partial charge in [0.05, 0.1) is 23.0 Å². The maximum absolute atomic E-state index is 6.28. The van der Waals surface area contributed by atoms with Crippen LogP contribution >= 0.6 is 22.9 Å². The first-order chi connectivity index (χ1) is 8.63. The summed E-state index contributed by atoms with van der Waals surface area (Å²) in [5.74, 6) is 0. The highest BCUT2D eigenvalue weighted by atomic mass is 35.5. The maximum Gasteiger partial charge on any atom is 0.0834 e. The van der Waals surface area contributed by atoms with Gasteiger partial charge in [0.25, 0.3) is 0 Å². The predicted octanol–water partition coefficient (Wildman–Crippen LogP) is 3.68. The highest BCUT2D eigenvalue weighted by Gasteiger charge is 2.21. The van der Waals surface area contributed by atoms with E-state index in [0.29, 0.717) is 6.04 Å². The van der Waals surface area contributed by atoms with Gasteiger partial charge in [0.15, 0.2) is 0 Å². The van der Waals surface area contributed by atoms with Gasteiger partial charge in [-0.1, -0.05) is 17.7 Å². The predicted molar refractivity (Wildman–Crippen MR) is 77.4 cm³/mol. The molecule has 0 aromatic carbocycles. The van der Waals surface area contributed by atoms with Crippen LogP contribution < -0.4 is 5.32 Å². The molecule has 1 atom stereocenters. The van der Waals surface area contributed by atoms with E-state index in [1.54, 1.807) is 17.5 Å². The molecule has 0 bridgehead atoms. The standard InChI is InChI=1S/C13H18ClN3S/c1-9(2)17-13(11(14)8-16-17)12(15-3)7-10-5-4-6-18-10/h4-6,8-9,12,15H,7H2,1-3H3. The average Bonchev–Trinajstić information content (AvgIpc) is 2.95. The fraction of sp³-hybridized carbons (Fsp3) is 0.462. The molecule has 98 valence electrons. The fourth-order valence-electron chi connectivity index (χ4n) is 2.05. The molecule has 0 aliphatic rings. The van der Waals surface area contributed by atoms with E-state index in [-0.39, 0.29) is 6.04 Å². The smallest absolute Gasteiger partial charge is 0.0834 e. The van der Waals surface area contributed by atoms with Crippen molar-refractivity contribution < 1.29 is 0 Å². The average molecular weight is 284 g/mol. The molecular weight excluding hydrogens is 266 g/mol. The molecule has 0 spiro atoms. The Morgan fingerprint density at radius 1 is 1.50 bits per heavy atom. The largest absolute Gasteiger partial charge is 0.311 e. The van der Waals surface area contributed by atoms with E-state index >= 15 is 0 Å². The molecule has 2 rings (SSSR count). The molecule has 2 heterocycles. The lowest BCUT2D eigenvalue weighted by molar-refractivity contribution is 0.461. The Morgan fingerprint density at radius 3 is 2.83 bits per heavy atom. The number of halogens is 1. The molecule has 2 aromatic rings. The van der Waals surface area contributed by atoms with Gasteiger partial charge in [-0.15, -0.1) is 11.3 Å². The molecule has 18 heavy (non-hydrogen) atoms. The second kappa shape index (κ2) is 5.87. The summed E-state index contributed by atoms with van der Waals surface area (Å²) < 4.78 is 2.00. The molecule has 0 saturated carbocycles. The van der Waals surface area contributed by atoms with Gasteiger partial charge in [0.1, 0.15) is 0 Å². The molecule has 0 fully saturated rings. The van der Waals surface area contributed by atoms with E-state index in [4.69, 9.17) is 11.6 Å². The Kier molecular flexibility index (Phi) is 4.43. The van der Waals surface area contributed by atoms with Gasteiger partial charge >= 0.3 is 0 Å². The second-order valence-corrected chi connectivity index (χ2v) is 5.98. The van der Waals surface area contributed by atoms with Crippen molar-refractivity contribution in [3.05, 3.63) is 39.3 Å². The minimum atomic E-state index is 0.195. The van der Waals surface area contributed by atoms with Crippen LogP contribution in [0.4, 0.5) is 0 Å². The molecular formula is C13H18ClN3S. The second-order valence-electron chi connectivity index (χ2n) is 4.54. The molecule has 3 nitrogen and oxygen atoms in total. The number of likely N-dealkylation sites (N-methyl/N-ethyl adjacent to an activating group) is 1. The Hall–Kier alpha value is -0.840. The van der Waals surface area contributed by atoms with Crippen molar-refractivity contribution in [2.75, 3.05) is 7.05 Å². The van der Waals surface area contributed by atoms with Crippen molar-refractivity contribution in [2.24, 2.45) is 0 Å². The summed E-state index contributed by atoms with van der Waals surface area (Å²) in [5, 5.41) is 10.5. The number of nitrogens with one attached hydrogen (secondary N) is 1.